The van der Waals surface area contributed by atoms with Crippen molar-refractivity contribution in [3.8, 4) is 17.2 Å². The van der Waals surface area contributed by atoms with Crippen LogP contribution in [0.15, 0.2) is 41.5 Å². The van der Waals surface area contributed by atoms with Gasteiger partial charge in [0.25, 0.3) is 5.91 Å². The molecule has 0 saturated carbocycles. The van der Waals surface area contributed by atoms with Gasteiger partial charge in [0.2, 0.25) is 0 Å². The Morgan fingerprint density at radius 3 is 2.04 bits per heavy atom. The van der Waals surface area contributed by atoms with E-state index in [0.29, 0.717) is 28.4 Å². The van der Waals surface area contributed by atoms with Crippen LogP contribution in [0.2, 0.25) is 0 Å². The van der Waals surface area contributed by atoms with Crippen molar-refractivity contribution in [3.05, 3.63) is 47.5 Å². The second-order valence-corrected chi connectivity index (χ2v) is 5.86. The fraction of sp³-hybridized carbons (Fsp3) is 0.333. The van der Waals surface area contributed by atoms with Gasteiger partial charge >= 0.3 is 0 Å². The van der Waals surface area contributed by atoms with Gasteiger partial charge in [-0.25, -0.2) is 5.43 Å². The average Bonchev–Trinajstić information content (AvgIpc) is 2.74. The van der Waals surface area contributed by atoms with E-state index in [0.717, 1.165) is 18.8 Å². The maximum absolute atomic E-state index is 12.3. The summed E-state index contributed by atoms with van der Waals surface area (Å²) in [7, 11) is 4.65. The summed E-state index contributed by atoms with van der Waals surface area (Å²) in [5.74, 6) is 1.35. The first-order valence-electron chi connectivity index (χ1n) is 9.06. The Balaban J connectivity index is 2.13. The lowest BCUT2D eigenvalue weighted by molar-refractivity contribution is 0.0955. The number of nitrogens with zero attached hydrogens (tertiary/aromatic N) is 2. The van der Waals surface area contributed by atoms with E-state index >= 15 is 0 Å². The number of methoxy groups -OCH3 is 3. The Hall–Kier alpha value is -3.22. The Morgan fingerprint density at radius 2 is 1.57 bits per heavy atom. The molecule has 0 unspecified atom stereocenters. The number of carbonyl (C=O) groups excluding carboxylic acids is 1. The average molecular weight is 385 g/mol. The molecule has 0 saturated heterocycles. The molecule has 0 bridgehead atoms. The predicted octanol–water partition coefficient (Wildman–Crippen LogP) is 3.32. The molecule has 0 fully saturated rings. The third-order valence-electron chi connectivity index (χ3n) is 4.37. The van der Waals surface area contributed by atoms with E-state index in [4.69, 9.17) is 14.2 Å². The van der Waals surface area contributed by atoms with E-state index in [2.05, 4.69) is 29.3 Å². The van der Waals surface area contributed by atoms with Gasteiger partial charge in [-0.2, -0.15) is 5.10 Å². The molecule has 150 valence electrons. The molecule has 28 heavy (non-hydrogen) atoms. The number of hydrogen-bond donors (Lipinski definition) is 1. The summed E-state index contributed by atoms with van der Waals surface area (Å²) in [4.78, 5) is 14.6. The number of rotatable bonds is 9. The normalized spacial score (nSPS) is 10.6. The van der Waals surface area contributed by atoms with E-state index in [1.54, 1.807) is 45.6 Å². The lowest BCUT2D eigenvalue weighted by Gasteiger charge is -2.20. The maximum Gasteiger partial charge on any atom is 0.271 e. The van der Waals surface area contributed by atoms with Crippen LogP contribution >= 0.6 is 0 Å². The predicted molar refractivity (Wildman–Crippen MR) is 111 cm³/mol. The van der Waals surface area contributed by atoms with Gasteiger partial charge in [0, 0.05) is 36.5 Å². The number of anilines is 1. The van der Waals surface area contributed by atoms with Crippen LogP contribution in [0.3, 0.4) is 0 Å². The van der Waals surface area contributed by atoms with E-state index in [9.17, 15) is 4.79 Å². The SMILES string of the molecule is CCN(CC)c1ccc(C(=O)N/N=C\c2c(OC)cc(OC)cc2OC)cc1. The van der Waals surface area contributed by atoms with Crippen molar-refractivity contribution in [2.45, 2.75) is 13.8 Å². The van der Waals surface area contributed by atoms with Crippen LogP contribution in [0.1, 0.15) is 29.8 Å². The number of nitrogens with one attached hydrogen (secondary N) is 1. The lowest BCUT2D eigenvalue weighted by Crippen LogP contribution is -2.22. The van der Waals surface area contributed by atoms with Gasteiger partial charge in [-0.05, 0) is 38.1 Å². The summed E-state index contributed by atoms with van der Waals surface area (Å²) in [6, 6.07) is 10.9. The molecular weight excluding hydrogens is 358 g/mol. The standard InChI is InChI=1S/C21H27N3O4/c1-6-24(7-2)16-10-8-15(9-11-16)21(25)23-22-14-18-19(27-4)12-17(26-3)13-20(18)28-5/h8-14H,6-7H2,1-5H3,(H,23,25)/b22-14-. The molecule has 2 aromatic rings. The second-order valence-electron chi connectivity index (χ2n) is 5.86. The van der Waals surface area contributed by atoms with Gasteiger partial charge in [0.1, 0.15) is 17.2 Å². The summed E-state index contributed by atoms with van der Waals surface area (Å²) in [5, 5.41) is 4.04. The van der Waals surface area contributed by atoms with Crippen LogP contribution in [0, 0.1) is 0 Å². The first-order chi connectivity index (χ1) is 13.6. The van der Waals surface area contributed by atoms with Crippen molar-refractivity contribution in [1.82, 2.24) is 5.43 Å². The third-order valence-corrected chi connectivity index (χ3v) is 4.37. The van der Waals surface area contributed by atoms with E-state index < -0.39 is 0 Å². The number of amides is 1. The molecule has 0 aliphatic rings. The minimum absolute atomic E-state index is 0.297. The highest BCUT2D eigenvalue weighted by Crippen LogP contribution is 2.32. The first-order valence-corrected chi connectivity index (χ1v) is 9.06. The van der Waals surface area contributed by atoms with Crippen LogP contribution in [0.5, 0.6) is 17.2 Å². The number of benzene rings is 2. The molecule has 0 heterocycles. The zero-order chi connectivity index (χ0) is 20.5. The van der Waals surface area contributed by atoms with E-state index in [1.165, 1.54) is 6.21 Å². The molecule has 0 atom stereocenters. The third kappa shape index (κ3) is 4.94. The van der Waals surface area contributed by atoms with Crippen molar-refractivity contribution in [3.63, 3.8) is 0 Å². The van der Waals surface area contributed by atoms with Gasteiger partial charge in [-0.1, -0.05) is 0 Å². The van der Waals surface area contributed by atoms with Gasteiger partial charge in [-0.3, -0.25) is 4.79 Å². The summed E-state index contributed by atoms with van der Waals surface area (Å²) in [6.07, 6.45) is 1.49. The smallest absolute Gasteiger partial charge is 0.271 e. The molecule has 1 amide bonds. The number of carbonyl (C=O) groups is 1. The Labute approximate surface area is 165 Å². The summed E-state index contributed by atoms with van der Waals surface area (Å²) in [6.45, 7) is 6.02. The zero-order valence-corrected chi connectivity index (χ0v) is 17.0. The number of ether oxygens (including phenoxy) is 3. The lowest BCUT2D eigenvalue weighted by atomic mass is 10.1. The number of hydrogen-bond acceptors (Lipinski definition) is 6. The van der Waals surface area contributed by atoms with Crippen LogP contribution in [-0.4, -0.2) is 46.5 Å². The highest BCUT2D eigenvalue weighted by Gasteiger charge is 2.12. The van der Waals surface area contributed by atoms with Crippen molar-refractivity contribution in [1.29, 1.82) is 0 Å². The quantitative estimate of drug-likeness (QED) is 0.530. The first kappa shape index (κ1) is 21.1. The number of hydrazone groups is 1. The Morgan fingerprint density at radius 1 is 1.00 bits per heavy atom. The molecule has 0 radical (unpaired) electrons. The summed E-state index contributed by atoms with van der Waals surface area (Å²) in [5.41, 5.74) is 4.74. The van der Waals surface area contributed by atoms with Crippen molar-refractivity contribution >= 4 is 17.8 Å². The van der Waals surface area contributed by atoms with Gasteiger partial charge < -0.3 is 19.1 Å². The minimum atomic E-state index is -0.297. The molecule has 0 aliphatic heterocycles. The fourth-order valence-electron chi connectivity index (χ4n) is 2.79. The van der Waals surface area contributed by atoms with Crippen LogP contribution in [0.4, 0.5) is 5.69 Å². The molecule has 0 spiro atoms. The molecule has 0 aromatic heterocycles. The van der Waals surface area contributed by atoms with Crippen LogP contribution in [0.25, 0.3) is 0 Å². The van der Waals surface area contributed by atoms with Crippen molar-refractivity contribution in [2.24, 2.45) is 5.10 Å². The van der Waals surface area contributed by atoms with Gasteiger partial charge in [0.05, 0.1) is 33.1 Å². The fourth-order valence-corrected chi connectivity index (χ4v) is 2.79. The molecular formula is C21H27N3O4. The molecule has 7 nitrogen and oxygen atoms in total. The Kier molecular flexibility index (Phi) is 7.68. The van der Waals surface area contributed by atoms with Gasteiger partial charge in [0.15, 0.2) is 0 Å². The summed E-state index contributed by atoms with van der Waals surface area (Å²) >= 11 is 0. The van der Waals surface area contributed by atoms with Crippen LogP contribution < -0.4 is 24.5 Å². The highest BCUT2D eigenvalue weighted by molar-refractivity contribution is 5.96. The monoisotopic (exact) mass is 385 g/mol. The maximum atomic E-state index is 12.3. The Bertz CT molecular complexity index is 790. The zero-order valence-electron chi connectivity index (χ0n) is 17.0. The molecule has 2 rings (SSSR count). The van der Waals surface area contributed by atoms with Crippen molar-refractivity contribution in [2.75, 3.05) is 39.3 Å². The molecule has 2 aromatic carbocycles. The van der Waals surface area contributed by atoms with E-state index in [-0.39, 0.29) is 5.91 Å². The van der Waals surface area contributed by atoms with Crippen molar-refractivity contribution < 1.29 is 19.0 Å². The minimum Gasteiger partial charge on any atom is -0.496 e. The molecule has 0 aliphatic carbocycles. The molecule has 7 heteroatoms. The highest BCUT2D eigenvalue weighted by atomic mass is 16.5. The summed E-state index contributed by atoms with van der Waals surface area (Å²) < 4.78 is 15.9. The topological polar surface area (TPSA) is 72.4 Å². The van der Waals surface area contributed by atoms with Gasteiger partial charge in [-0.15, -0.1) is 0 Å². The van der Waals surface area contributed by atoms with E-state index in [1.807, 2.05) is 12.1 Å². The second kappa shape index (κ2) is 10.2. The molecule has 1 N–H and O–H groups in total. The van der Waals surface area contributed by atoms with Crippen LogP contribution in [-0.2, 0) is 0 Å². The largest absolute Gasteiger partial charge is 0.496 e.